The summed E-state index contributed by atoms with van der Waals surface area (Å²) in [6, 6.07) is 15.2. The van der Waals surface area contributed by atoms with Crippen LogP contribution in [0.2, 0.25) is 0 Å². The van der Waals surface area contributed by atoms with Gasteiger partial charge in [-0.3, -0.25) is 14.9 Å². The van der Waals surface area contributed by atoms with Crippen LogP contribution in [0.1, 0.15) is 49.9 Å². The Morgan fingerprint density at radius 3 is 2.59 bits per heavy atom. The number of amides is 1. The van der Waals surface area contributed by atoms with E-state index in [1.54, 1.807) is 6.92 Å². The van der Waals surface area contributed by atoms with Crippen LogP contribution < -0.4 is 10.1 Å². The molecule has 0 saturated heterocycles. The average Bonchev–Trinajstić information content (AvgIpc) is 2.83. The summed E-state index contributed by atoms with van der Waals surface area (Å²) in [5, 5.41) is 2.87. The third-order valence-corrected chi connectivity index (χ3v) is 6.25. The van der Waals surface area contributed by atoms with Gasteiger partial charge < -0.3 is 14.4 Å². The predicted octanol–water partition coefficient (Wildman–Crippen LogP) is 3.88. The summed E-state index contributed by atoms with van der Waals surface area (Å²) in [4.78, 5) is 32.8. The highest BCUT2D eigenvalue weighted by atomic mass is 16.5. The largest absolute Gasteiger partial charge is 0.494 e. The van der Waals surface area contributed by atoms with Crippen molar-refractivity contribution in [2.24, 2.45) is 16.8 Å². The van der Waals surface area contributed by atoms with E-state index in [4.69, 9.17) is 14.5 Å². The molecular weight excluding hydrogens is 430 g/mol. The zero-order chi connectivity index (χ0) is 24.1. The zero-order valence-electron chi connectivity index (χ0n) is 20.1. The molecule has 0 bridgehead atoms. The Balaban J connectivity index is 1.59. The van der Waals surface area contributed by atoms with Crippen LogP contribution in [0.25, 0.3) is 0 Å². The Bertz CT molecular complexity index is 1050. The molecule has 1 N–H and O–H groups in total. The standard InChI is InChI=1S/C27H33N3O4/c1-4-33-26(32)23-24(20-9-11-22(12-10-20)34-16-14-18(2)3)28-27(29-25(23)31)30-15-13-19-7-5-6-8-21(19)17-30/h5-12,18,23-24H,4,13-17H2,1-3H3,(H,28,29,31). The van der Waals surface area contributed by atoms with Gasteiger partial charge in [0.1, 0.15) is 11.8 Å². The molecule has 2 aliphatic rings. The van der Waals surface area contributed by atoms with Crippen molar-refractivity contribution in [3.63, 3.8) is 0 Å². The lowest BCUT2D eigenvalue weighted by atomic mass is 9.91. The molecule has 0 aliphatic carbocycles. The third kappa shape index (κ3) is 5.41. The first kappa shape index (κ1) is 23.8. The molecule has 2 aromatic rings. The number of benzene rings is 2. The molecule has 2 heterocycles. The van der Waals surface area contributed by atoms with Gasteiger partial charge in [0.15, 0.2) is 5.92 Å². The number of esters is 1. The lowest BCUT2D eigenvalue weighted by Gasteiger charge is -2.36. The van der Waals surface area contributed by atoms with Crippen molar-refractivity contribution < 1.29 is 19.1 Å². The van der Waals surface area contributed by atoms with Crippen molar-refractivity contribution in [3.05, 3.63) is 65.2 Å². The quantitative estimate of drug-likeness (QED) is 0.498. The first-order valence-corrected chi connectivity index (χ1v) is 12.1. The number of rotatable bonds is 7. The van der Waals surface area contributed by atoms with Gasteiger partial charge in [-0.15, -0.1) is 0 Å². The Morgan fingerprint density at radius 2 is 1.88 bits per heavy atom. The van der Waals surface area contributed by atoms with Crippen LogP contribution in [0.5, 0.6) is 5.75 Å². The van der Waals surface area contributed by atoms with Crippen molar-refractivity contribution in [3.8, 4) is 5.75 Å². The minimum Gasteiger partial charge on any atom is -0.494 e. The maximum Gasteiger partial charge on any atom is 0.321 e. The van der Waals surface area contributed by atoms with E-state index in [1.165, 1.54) is 11.1 Å². The number of nitrogens with one attached hydrogen (secondary N) is 1. The molecule has 0 fully saturated rings. The van der Waals surface area contributed by atoms with Crippen LogP contribution in [0.3, 0.4) is 0 Å². The molecule has 0 aromatic heterocycles. The molecule has 2 unspecified atom stereocenters. The van der Waals surface area contributed by atoms with Gasteiger partial charge in [0.25, 0.3) is 0 Å². The van der Waals surface area contributed by atoms with Crippen LogP contribution in [0.4, 0.5) is 0 Å². The van der Waals surface area contributed by atoms with Crippen LogP contribution in [0.15, 0.2) is 53.5 Å². The van der Waals surface area contributed by atoms with E-state index in [0.29, 0.717) is 25.0 Å². The maximum absolute atomic E-state index is 13.1. The lowest BCUT2D eigenvalue weighted by molar-refractivity contribution is -0.153. The second kappa shape index (κ2) is 10.7. The highest BCUT2D eigenvalue weighted by Gasteiger charge is 2.42. The normalized spacial score (nSPS) is 19.8. The molecule has 180 valence electrons. The van der Waals surface area contributed by atoms with Crippen molar-refractivity contribution in [2.75, 3.05) is 19.8 Å². The summed E-state index contributed by atoms with van der Waals surface area (Å²) in [5.74, 6) is -0.150. The molecule has 2 atom stereocenters. The molecular formula is C27H33N3O4. The number of guanidine groups is 1. The first-order chi connectivity index (χ1) is 16.5. The number of ether oxygens (including phenoxy) is 2. The van der Waals surface area contributed by atoms with E-state index in [1.807, 2.05) is 36.4 Å². The van der Waals surface area contributed by atoms with Crippen LogP contribution >= 0.6 is 0 Å². The van der Waals surface area contributed by atoms with Crippen molar-refractivity contribution in [1.82, 2.24) is 10.2 Å². The molecule has 7 nitrogen and oxygen atoms in total. The average molecular weight is 464 g/mol. The van der Waals surface area contributed by atoms with E-state index in [2.05, 4.69) is 36.2 Å². The third-order valence-electron chi connectivity index (χ3n) is 6.25. The van der Waals surface area contributed by atoms with Gasteiger partial charge in [0, 0.05) is 13.1 Å². The van der Waals surface area contributed by atoms with E-state index in [0.717, 1.165) is 30.7 Å². The van der Waals surface area contributed by atoms with Gasteiger partial charge in [0.05, 0.1) is 13.2 Å². The van der Waals surface area contributed by atoms with E-state index in [9.17, 15) is 9.59 Å². The topological polar surface area (TPSA) is 80.2 Å². The van der Waals surface area contributed by atoms with Crippen LogP contribution in [-0.4, -0.2) is 42.5 Å². The van der Waals surface area contributed by atoms with E-state index in [-0.39, 0.29) is 12.5 Å². The molecule has 4 rings (SSSR count). The Hall–Kier alpha value is -3.35. The van der Waals surface area contributed by atoms with Gasteiger partial charge in [-0.1, -0.05) is 50.2 Å². The highest BCUT2D eigenvalue weighted by Crippen LogP contribution is 2.32. The fourth-order valence-electron chi connectivity index (χ4n) is 4.32. The number of aliphatic imine (C=N–C) groups is 1. The van der Waals surface area contributed by atoms with Gasteiger partial charge in [-0.2, -0.15) is 0 Å². The van der Waals surface area contributed by atoms with Crippen molar-refractivity contribution in [2.45, 2.75) is 46.2 Å². The van der Waals surface area contributed by atoms with Crippen molar-refractivity contribution >= 4 is 17.8 Å². The molecule has 0 saturated carbocycles. The number of hydrogen-bond acceptors (Lipinski definition) is 6. The van der Waals surface area contributed by atoms with Crippen LogP contribution in [-0.2, 0) is 27.3 Å². The maximum atomic E-state index is 13.1. The first-order valence-electron chi connectivity index (χ1n) is 12.1. The molecule has 1 amide bonds. The summed E-state index contributed by atoms with van der Waals surface area (Å²) >= 11 is 0. The molecule has 7 heteroatoms. The predicted molar refractivity (Wildman–Crippen MR) is 130 cm³/mol. The highest BCUT2D eigenvalue weighted by molar-refractivity contribution is 6.08. The Kier molecular flexibility index (Phi) is 7.50. The SMILES string of the molecule is CCOC(=O)C1C(=O)NC(N2CCc3ccccc3C2)=NC1c1ccc(OCCC(C)C)cc1. The molecule has 2 aromatic carbocycles. The summed E-state index contributed by atoms with van der Waals surface area (Å²) in [5.41, 5.74) is 3.31. The van der Waals surface area contributed by atoms with Gasteiger partial charge in [-0.25, -0.2) is 4.99 Å². The van der Waals surface area contributed by atoms with Crippen LogP contribution in [0, 0.1) is 11.8 Å². The summed E-state index contributed by atoms with van der Waals surface area (Å²) in [6.45, 7) is 8.31. The second-order valence-electron chi connectivity index (χ2n) is 9.16. The number of nitrogens with zero attached hydrogens (tertiary/aromatic N) is 2. The summed E-state index contributed by atoms with van der Waals surface area (Å²) in [6.07, 6.45) is 1.85. The number of carbonyl (C=O) groups is 2. The van der Waals surface area contributed by atoms with Gasteiger partial charge in [-0.05, 0) is 54.5 Å². The molecule has 2 aliphatic heterocycles. The molecule has 0 radical (unpaired) electrons. The van der Waals surface area contributed by atoms with E-state index >= 15 is 0 Å². The molecule has 0 spiro atoms. The van der Waals surface area contributed by atoms with Gasteiger partial charge >= 0.3 is 5.97 Å². The minimum atomic E-state index is -1.03. The lowest BCUT2D eigenvalue weighted by Crippen LogP contribution is -2.53. The van der Waals surface area contributed by atoms with E-state index < -0.39 is 17.9 Å². The monoisotopic (exact) mass is 463 g/mol. The summed E-state index contributed by atoms with van der Waals surface area (Å²) < 4.78 is 11.1. The Morgan fingerprint density at radius 1 is 1.15 bits per heavy atom. The number of hydrogen-bond donors (Lipinski definition) is 1. The number of carbonyl (C=O) groups excluding carboxylic acids is 2. The molecule has 34 heavy (non-hydrogen) atoms. The summed E-state index contributed by atoms with van der Waals surface area (Å²) in [7, 11) is 0. The second-order valence-corrected chi connectivity index (χ2v) is 9.16. The smallest absolute Gasteiger partial charge is 0.321 e. The number of fused-ring (bicyclic) bond motifs is 1. The Labute approximate surface area is 201 Å². The zero-order valence-corrected chi connectivity index (χ0v) is 20.1. The van der Waals surface area contributed by atoms with Gasteiger partial charge in [0.2, 0.25) is 11.9 Å². The van der Waals surface area contributed by atoms with Crippen molar-refractivity contribution in [1.29, 1.82) is 0 Å². The fraction of sp³-hybridized carbons (Fsp3) is 0.444. The fourth-order valence-corrected chi connectivity index (χ4v) is 4.32. The minimum absolute atomic E-state index is 0.206.